The molecule has 0 saturated heterocycles. The third kappa shape index (κ3) is 2.94. The van der Waals surface area contributed by atoms with E-state index in [0.717, 1.165) is 38.6 Å². The van der Waals surface area contributed by atoms with E-state index in [1.54, 1.807) is 24.8 Å². The first-order valence-corrected chi connectivity index (χ1v) is 8.83. The quantitative estimate of drug-likeness (QED) is 0.535. The number of fused-ring (bicyclic) bond motifs is 1. The largest absolute Gasteiger partial charge is 0.497 e. The molecule has 0 amide bonds. The van der Waals surface area contributed by atoms with Crippen molar-refractivity contribution in [3.63, 3.8) is 0 Å². The standard InChI is InChI=1S/C20H17N3OS/c1-13-5-3-4-6-17(13)23-19-18-16(11-25-20(18)22-12-21-19)14-7-9-15(24-2)10-8-14/h3-12H,1-2H3,(H,21,22,23). The van der Waals surface area contributed by atoms with Crippen LogP contribution < -0.4 is 10.1 Å². The summed E-state index contributed by atoms with van der Waals surface area (Å²) in [6.45, 7) is 2.08. The van der Waals surface area contributed by atoms with Crippen LogP contribution in [-0.2, 0) is 0 Å². The summed E-state index contributed by atoms with van der Waals surface area (Å²) in [6.07, 6.45) is 1.61. The van der Waals surface area contributed by atoms with Crippen LogP contribution in [0, 0.1) is 6.92 Å². The number of aromatic nitrogens is 2. The molecule has 0 unspecified atom stereocenters. The van der Waals surface area contributed by atoms with Gasteiger partial charge in [-0.3, -0.25) is 0 Å². The van der Waals surface area contributed by atoms with Crippen LogP contribution in [0.3, 0.4) is 0 Å². The lowest BCUT2D eigenvalue weighted by atomic mass is 10.1. The predicted octanol–water partition coefficient (Wildman–Crippen LogP) is 5.42. The first-order chi connectivity index (χ1) is 12.3. The molecule has 2 heterocycles. The Morgan fingerprint density at radius 3 is 2.56 bits per heavy atom. The average Bonchev–Trinajstić information content (AvgIpc) is 3.09. The molecule has 0 aliphatic carbocycles. The minimum atomic E-state index is 0.825. The molecule has 2 aromatic heterocycles. The molecule has 0 atom stereocenters. The predicted molar refractivity (Wildman–Crippen MR) is 104 cm³/mol. The number of ether oxygens (including phenoxy) is 1. The van der Waals surface area contributed by atoms with Crippen molar-refractivity contribution in [3.05, 3.63) is 65.8 Å². The number of anilines is 2. The molecule has 5 heteroatoms. The van der Waals surface area contributed by atoms with Crippen molar-refractivity contribution in [1.82, 2.24) is 9.97 Å². The molecule has 0 saturated carbocycles. The monoisotopic (exact) mass is 347 g/mol. The molecule has 2 aromatic carbocycles. The van der Waals surface area contributed by atoms with Crippen LogP contribution in [0.4, 0.5) is 11.5 Å². The summed E-state index contributed by atoms with van der Waals surface area (Å²) in [7, 11) is 1.67. The lowest BCUT2D eigenvalue weighted by molar-refractivity contribution is 0.415. The molecule has 0 fully saturated rings. The molecule has 4 rings (SSSR count). The second kappa shape index (κ2) is 6.53. The van der Waals surface area contributed by atoms with Gasteiger partial charge in [0.15, 0.2) is 0 Å². The van der Waals surface area contributed by atoms with Gasteiger partial charge in [0.05, 0.1) is 12.5 Å². The molecule has 25 heavy (non-hydrogen) atoms. The zero-order valence-corrected chi connectivity index (χ0v) is 14.8. The fourth-order valence-corrected chi connectivity index (χ4v) is 3.71. The van der Waals surface area contributed by atoms with Gasteiger partial charge >= 0.3 is 0 Å². The highest BCUT2D eigenvalue weighted by Gasteiger charge is 2.14. The summed E-state index contributed by atoms with van der Waals surface area (Å²) in [6, 6.07) is 16.3. The Morgan fingerprint density at radius 2 is 1.80 bits per heavy atom. The van der Waals surface area contributed by atoms with Gasteiger partial charge in [0.1, 0.15) is 22.7 Å². The normalized spacial score (nSPS) is 10.8. The van der Waals surface area contributed by atoms with E-state index in [-0.39, 0.29) is 0 Å². The van der Waals surface area contributed by atoms with E-state index in [9.17, 15) is 0 Å². The Kier molecular flexibility index (Phi) is 4.07. The highest BCUT2D eigenvalue weighted by Crippen LogP contribution is 2.38. The van der Waals surface area contributed by atoms with Crippen molar-refractivity contribution in [2.45, 2.75) is 6.92 Å². The van der Waals surface area contributed by atoms with Gasteiger partial charge in [-0.2, -0.15) is 0 Å². The molecule has 0 spiro atoms. The third-order valence-corrected chi connectivity index (χ3v) is 5.06. The van der Waals surface area contributed by atoms with E-state index in [1.807, 2.05) is 24.3 Å². The summed E-state index contributed by atoms with van der Waals surface area (Å²) in [4.78, 5) is 9.89. The average molecular weight is 347 g/mol. The Balaban J connectivity index is 1.82. The fourth-order valence-electron chi connectivity index (χ4n) is 2.79. The number of methoxy groups -OCH3 is 1. The number of aryl methyl sites for hydroxylation is 1. The molecule has 4 nitrogen and oxygen atoms in total. The molecule has 124 valence electrons. The number of para-hydroxylation sites is 1. The summed E-state index contributed by atoms with van der Waals surface area (Å²) < 4.78 is 5.26. The van der Waals surface area contributed by atoms with E-state index in [2.05, 4.69) is 51.9 Å². The Labute approximate surface area is 150 Å². The first kappa shape index (κ1) is 15.6. The molecule has 0 aliphatic heterocycles. The van der Waals surface area contributed by atoms with Gasteiger partial charge in [0, 0.05) is 16.6 Å². The lowest BCUT2D eigenvalue weighted by Gasteiger charge is -2.10. The second-order valence-corrected chi connectivity index (χ2v) is 6.58. The van der Waals surface area contributed by atoms with E-state index in [0.29, 0.717) is 0 Å². The number of thiophene rings is 1. The van der Waals surface area contributed by atoms with E-state index in [1.165, 1.54) is 5.56 Å². The second-order valence-electron chi connectivity index (χ2n) is 5.72. The maximum absolute atomic E-state index is 5.26. The topological polar surface area (TPSA) is 47.0 Å². The zero-order chi connectivity index (χ0) is 17.2. The van der Waals surface area contributed by atoms with Gasteiger partial charge < -0.3 is 10.1 Å². The third-order valence-electron chi connectivity index (χ3n) is 4.17. The molecular formula is C20H17N3OS. The highest BCUT2D eigenvalue weighted by molar-refractivity contribution is 7.17. The van der Waals surface area contributed by atoms with Crippen molar-refractivity contribution >= 4 is 33.1 Å². The minimum Gasteiger partial charge on any atom is -0.497 e. The highest BCUT2D eigenvalue weighted by atomic mass is 32.1. The van der Waals surface area contributed by atoms with Crippen LogP contribution in [0.15, 0.2) is 60.2 Å². The first-order valence-electron chi connectivity index (χ1n) is 7.95. The summed E-state index contributed by atoms with van der Waals surface area (Å²) in [5.74, 6) is 1.67. The maximum atomic E-state index is 5.26. The Hall–Kier alpha value is -2.92. The van der Waals surface area contributed by atoms with Gasteiger partial charge in [0.25, 0.3) is 0 Å². The van der Waals surface area contributed by atoms with Crippen LogP contribution in [0.25, 0.3) is 21.3 Å². The smallest absolute Gasteiger partial charge is 0.143 e. The Morgan fingerprint density at radius 1 is 1.00 bits per heavy atom. The zero-order valence-electron chi connectivity index (χ0n) is 14.0. The fraction of sp³-hybridized carbons (Fsp3) is 0.100. The van der Waals surface area contributed by atoms with E-state index >= 15 is 0 Å². The van der Waals surface area contributed by atoms with Crippen LogP contribution in [0.1, 0.15) is 5.56 Å². The summed E-state index contributed by atoms with van der Waals surface area (Å²) in [5.41, 5.74) is 4.47. The van der Waals surface area contributed by atoms with E-state index < -0.39 is 0 Å². The number of rotatable bonds is 4. The van der Waals surface area contributed by atoms with Crippen molar-refractivity contribution in [3.8, 4) is 16.9 Å². The van der Waals surface area contributed by atoms with Crippen molar-refractivity contribution in [1.29, 1.82) is 0 Å². The van der Waals surface area contributed by atoms with Crippen molar-refractivity contribution in [2.75, 3.05) is 12.4 Å². The van der Waals surface area contributed by atoms with Crippen LogP contribution in [0.2, 0.25) is 0 Å². The van der Waals surface area contributed by atoms with Crippen LogP contribution in [-0.4, -0.2) is 17.1 Å². The van der Waals surface area contributed by atoms with Crippen LogP contribution >= 0.6 is 11.3 Å². The molecular weight excluding hydrogens is 330 g/mol. The lowest BCUT2D eigenvalue weighted by Crippen LogP contribution is -1.97. The van der Waals surface area contributed by atoms with Crippen molar-refractivity contribution in [2.24, 2.45) is 0 Å². The SMILES string of the molecule is COc1ccc(-c2csc3ncnc(Nc4ccccc4C)c23)cc1. The van der Waals surface area contributed by atoms with Gasteiger partial charge in [-0.05, 0) is 36.2 Å². The molecule has 0 aliphatic rings. The number of nitrogens with one attached hydrogen (secondary N) is 1. The van der Waals surface area contributed by atoms with E-state index in [4.69, 9.17) is 4.74 Å². The minimum absolute atomic E-state index is 0.825. The summed E-state index contributed by atoms with van der Waals surface area (Å²) >= 11 is 1.63. The summed E-state index contributed by atoms with van der Waals surface area (Å²) in [5, 5.41) is 6.64. The number of hydrogen-bond acceptors (Lipinski definition) is 5. The molecule has 0 bridgehead atoms. The Bertz CT molecular complexity index is 1020. The van der Waals surface area contributed by atoms with Gasteiger partial charge in [-0.1, -0.05) is 30.3 Å². The maximum Gasteiger partial charge on any atom is 0.143 e. The molecule has 4 aromatic rings. The van der Waals surface area contributed by atoms with Gasteiger partial charge in [-0.25, -0.2) is 9.97 Å². The van der Waals surface area contributed by atoms with Crippen molar-refractivity contribution < 1.29 is 4.74 Å². The molecule has 1 N–H and O–H groups in total. The van der Waals surface area contributed by atoms with Gasteiger partial charge in [0.2, 0.25) is 0 Å². The number of benzene rings is 2. The number of nitrogens with zero attached hydrogens (tertiary/aromatic N) is 2. The van der Waals surface area contributed by atoms with Crippen LogP contribution in [0.5, 0.6) is 5.75 Å². The molecule has 0 radical (unpaired) electrons. The van der Waals surface area contributed by atoms with Gasteiger partial charge in [-0.15, -0.1) is 11.3 Å². The number of hydrogen-bond donors (Lipinski definition) is 1.